The van der Waals surface area contributed by atoms with Gasteiger partial charge in [-0.25, -0.2) is 0 Å². The van der Waals surface area contributed by atoms with Crippen LogP contribution in [0.1, 0.15) is 19.9 Å². The molecule has 7 nitrogen and oxygen atoms in total. The van der Waals surface area contributed by atoms with Gasteiger partial charge >= 0.3 is 0 Å². The normalized spacial score (nSPS) is 10.6. The summed E-state index contributed by atoms with van der Waals surface area (Å²) in [6, 6.07) is 4.78. The van der Waals surface area contributed by atoms with Crippen molar-refractivity contribution in [3.63, 3.8) is 0 Å². The van der Waals surface area contributed by atoms with Crippen molar-refractivity contribution in [2.24, 2.45) is 0 Å². The summed E-state index contributed by atoms with van der Waals surface area (Å²) in [6.07, 6.45) is 3.52. The van der Waals surface area contributed by atoms with Gasteiger partial charge in [-0.15, -0.1) is 0 Å². The van der Waals surface area contributed by atoms with Crippen LogP contribution in [0.3, 0.4) is 0 Å². The van der Waals surface area contributed by atoms with Crippen LogP contribution in [0.5, 0.6) is 5.75 Å². The number of ether oxygens (including phenoxy) is 1. The molecule has 0 fully saturated rings. The maximum atomic E-state index is 10.9. The van der Waals surface area contributed by atoms with Gasteiger partial charge in [0.15, 0.2) is 0 Å². The highest BCUT2D eigenvalue weighted by atomic mass is 16.6. The Morgan fingerprint density at radius 2 is 2.10 bits per heavy atom. The molecule has 20 heavy (non-hydrogen) atoms. The lowest BCUT2D eigenvalue weighted by Gasteiger charge is -2.07. The first kappa shape index (κ1) is 13.9. The first-order valence-electron chi connectivity index (χ1n) is 6.14. The van der Waals surface area contributed by atoms with Gasteiger partial charge in [0.2, 0.25) is 0 Å². The van der Waals surface area contributed by atoms with E-state index in [4.69, 9.17) is 4.74 Å². The van der Waals surface area contributed by atoms with Gasteiger partial charge in [-0.2, -0.15) is 5.10 Å². The lowest BCUT2D eigenvalue weighted by atomic mass is 10.2. The van der Waals surface area contributed by atoms with Crippen LogP contribution in [0.25, 0.3) is 0 Å². The van der Waals surface area contributed by atoms with E-state index >= 15 is 0 Å². The molecule has 0 aliphatic rings. The van der Waals surface area contributed by atoms with E-state index < -0.39 is 4.92 Å². The Balaban J connectivity index is 2.27. The van der Waals surface area contributed by atoms with Gasteiger partial charge in [-0.1, -0.05) is 0 Å². The quantitative estimate of drug-likeness (QED) is 0.670. The summed E-state index contributed by atoms with van der Waals surface area (Å²) >= 11 is 0. The maximum Gasteiger partial charge on any atom is 0.275 e. The number of hydrogen-bond donors (Lipinski definition) is 1. The van der Waals surface area contributed by atoms with Crippen LogP contribution in [0, 0.1) is 10.1 Å². The second kappa shape index (κ2) is 5.60. The Labute approximate surface area is 116 Å². The van der Waals surface area contributed by atoms with Crippen LogP contribution < -0.4 is 10.1 Å². The fourth-order valence-electron chi connectivity index (χ4n) is 1.73. The van der Waals surface area contributed by atoms with Gasteiger partial charge in [-0.3, -0.25) is 14.8 Å². The van der Waals surface area contributed by atoms with Crippen molar-refractivity contribution < 1.29 is 9.66 Å². The van der Waals surface area contributed by atoms with E-state index in [2.05, 4.69) is 10.4 Å². The maximum absolute atomic E-state index is 10.9. The molecule has 0 saturated carbocycles. The second-order valence-corrected chi connectivity index (χ2v) is 4.60. The van der Waals surface area contributed by atoms with E-state index in [1.54, 1.807) is 16.9 Å². The monoisotopic (exact) mass is 276 g/mol. The van der Waals surface area contributed by atoms with Crippen molar-refractivity contribution in [1.82, 2.24) is 9.78 Å². The van der Waals surface area contributed by atoms with Gasteiger partial charge in [0, 0.05) is 30.1 Å². The predicted octanol–water partition coefficient (Wildman–Crippen LogP) is 3.12. The van der Waals surface area contributed by atoms with Crippen molar-refractivity contribution in [3.8, 4) is 5.75 Å². The molecule has 2 rings (SSSR count). The first-order valence-corrected chi connectivity index (χ1v) is 6.14. The molecule has 0 amide bonds. The van der Waals surface area contributed by atoms with Crippen LogP contribution in [-0.2, 0) is 0 Å². The number of rotatable bonds is 5. The number of hydrogen-bond acceptors (Lipinski definition) is 5. The van der Waals surface area contributed by atoms with E-state index in [-0.39, 0.29) is 11.7 Å². The summed E-state index contributed by atoms with van der Waals surface area (Å²) < 4.78 is 6.86. The van der Waals surface area contributed by atoms with Crippen LogP contribution >= 0.6 is 0 Å². The third-order valence-electron chi connectivity index (χ3n) is 2.76. The highest BCUT2D eigenvalue weighted by molar-refractivity contribution is 5.63. The smallest absolute Gasteiger partial charge is 0.275 e. The molecule has 7 heteroatoms. The summed E-state index contributed by atoms with van der Waals surface area (Å²) in [5, 5.41) is 18.2. The molecule has 106 valence electrons. The molecule has 1 N–H and O–H groups in total. The number of non-ortho nitro benzene ring substituents is 1. The SMILES string of the molecule is COc1cc(Nc2cnn(C(C)C)c2)cc([N+](=O)[O-])c1. The average Bonchev–Trinajstić information content (AvgIpc) is 2.87. The molecule has 2 aromatic rings. The minimum absolute atomic E-state index is 0.0249. The molecule has 1 aromatic heterocycles. The third kappa shape index (κ3) is 3.05. The number of nitro groups is 1. The van der Waals surface area contributed by atoms with Crippen LogP contribution in [0.4, 0.5) is 17.1 Å². The highest BCUT2D eigenvalue weighted by Gasteiger charge is 2.11. The summed E-state index contributed by atoms with van der Waals surface area (Å²) in [7, 11) is 1.47. The average molecular weight is 276 g/mol. The Morgan fingerprint density at radius 3 is 2.65 bits per heavy atom. The number of aromatic nitrogens is 2. The Hall–Kier alpha value is -2.57. The zero-order valence-electron chi connectivity index (χ0n) is 11.5. The Morgan fingerprint density at radius 1 is 1.35 bits per heavy atom. The Bertz CT molecular complexity index is 622. The van der Waals surface area contributed by atoms with Gasteiger partial charge < -0.3 is 10.1 Å². The lowest BCUT2D eigenvalue weighted by Crippen LogP contribution is -2.00. The van der Waals surface area contributed by atoms with Crippen LogP contribution in [0.15, 0.2) is 30.6 Å². The van der Waals surface area contributed by atoms with Gasteiger partial charge in [0.05, 0.1) is 30.0 Å². The minimum atomic E-state index is -0.453. The summed E-state index contributed by atoms with van der Waals surface area (Å²) in [4.78, 5) is 10.4. The predicted molar refractivity (Wildman–Crippen MR) is 75.5 cm³/mol. The molecule has 1 aromatic carbocycles. The zero-order chi connectivity index (χ0) is 14.7. The molecule has 0 radical (unpaired) electrons. The highest BCUT2D eigenvalue weighted by Crippen LogP contribution is 2.28. The summed E-state index contributed by atoms with van der Waals surface area (Å²) in [5.41, 5.74) is 1.32. The molecule has 0 bridgehead atoms. The standard InChI is InChI=1S/C13H16N4O3/c1-9(2)16-8-11(7-14-16)15-10-4-12(17(18)19)6-13(5-10)20-3/h4-9,15H,1-3H3. The molecule has 0 spiro atoms. The third-order valence-corrected chi connectivity index (χ3v) is 2.76. The summed E-state index contributed by atoms with van der Waals surface area (Å²) in [5.74, 6) is 0.429. The molecule has 0 saturated heterocycles. The van der Waals surface area contributed by atoms with Crippen molar-refractivity contribution in [2.45, 2.75) is 19.9 Å². The molecule has 0 aliphatic carbocycles. The second-order valence-electron chi connectivity index (χ2n) is 4.60. The molecule has 1 heterocycles. The van der Waals surface area contributed by atoms with E-state index in [9.17, 15) is 10.1 Å². The van der Waals surface area contributed by atoms with E-state index in [0.717, 1.165) is 5.69 Å². The minimum Gasteiger partial charge on any atom is -0.496 e. The molecule has 0 unspecified atom stereocenters. The fourth-order valence-corrected chi connectivity index (χ4v) is 1.73. The molecule has 0 atom stereocenters. The summed E-state index contributed by atoms with van der Waals surface area (Å²) in [6.45, 7) is 4.04. The number of nitrogens with one attached hydrogen (secondary N) is 1. The zero-order valence-corrected chi connectivity index (χ0v) is 11.5. The Kier molecular flexibility index (Phi) is 3.88. The number of anilines is 2. The largest absolute Gasteiger partial charge is 0.496 e. The topological polar surface area (TPSA) is 82.2 Å². The first-order chi connectivity index (χ1) is 9.49. The molecular formula is C13H16N4O3. The van der Waals surface area contributed by atoms with Crippen molar-refractivity contribution >= 4 is 17.1 Å². The van der Waals surface area contributed by atoms with Gasteiger partial charge in [0.25, 0.3) is 5.69 Å². The van der Waals surface area contributed by atoms with E-state index in [0.29, 0.717) is 11.4 Å². The van der Waals surface area contributed by atoms with Crippen LogP contribution in [-0.4, -0.2) is 21.8 Å². The molecule has 0 aliphatic heterocycles. The van der Waals surface area contributed by atoms with E-state index in [1.165, 1.54) is 19.2 Å². The fraction of sp³-hybridized carbons (Fsp3) is 0.308. The van der Waals surface area contributed by atoms with Crippen molar-refractivity contribution in [1.29, 1.82) is 0 Å². The number of benzene rings is 1. The van der Waals surface area contributed by atoms with Crippen molar-refractivity contribution in [3.05, 3.63) is 40.7 Å². The lowest BCUT2D eigenvalue weighted by molar-refractivity contribution is -0.384. The number of methoxy groups -OCH3 is 1. The number of nitro benzene ring substituents is 1. The van der Waals surface area contributed by atoms with Crippen LogP contribution in [0.2, 0.25) is 0 Å². The number of nitrogens with zero attached hydrogens (tertiary/aromatic N) is 3. The van der Waals surface area contributed by atoms with Gasteiger partial charge in [-0.05, 0) is 13.8 Å². The molecular weight excluding hydrogens is 260 g/mol. The van der Waals surface area contributed by atoms with Gasteiger partial charge in [0.1, 0.15) is 5.75 Å². The van der Waals surface area contributed by atoms with Crippen molar-refractivity contribution in [2.75, 3.05) is 12.4 Å². The van der Waals surface area contributed by atoms with E-state index in [1.807, 2.05) is 20.0 Å².